The number of hydrogen-bond acceptors (Lipinski definition) is 4. The Labute approximate surface area is 250 Å². The Morgan fingerprint density at radius 3 is 2.02 bits per heavy atom. The molecule has 0 fully saturated rings. The number of rotatable bonds is 10. The molecule has 3 N–H and O–H groups in total. The van der Waals surface area contributed by atoms with Crippen molar-refractivity contribution < 1.29 is 29.3 Å². The van der Waals surface area contributed by atoms with Gasteiger partial charge in [0.15, 0.2) is 0 Å². The number of carbonyl (C=O) groups is 2. The standard InChI is InChI=1S/C35H35FN2O5/c1-22(2)38-30(17-16-28(39)18-29(40)19-31(41)42)32(24-12-14-27(36)15-13-24)33(23-8-4-3-5-9-23)34(38)35(43)37-20-25-10-6-7-11-26(25)21-37/h3-17,22,28-29,39-40H,18-21H2,1-2H3,(H,41,42)/b17-16+. The fourth-order valence-electron chi connectivity index (χ4n) is 5.78. The van der Waals surface area contributed by atoms with Crippen molar-refractivity contribution in [2.45, 2.75) is 58.0 Å². The molecule has 1 aromatic heterocycles. The van der Waals surface area contributed by atoms with Gasteiger partial charge < -0.3 is 24.8 Å². The predicted molar refractivity (Wildman–Crippen MR) is 164 cm³/mol. The van der Waals surface area contributed by atoms with Crippen LogP contribution < -0.4 is 0 Å². The van der Waals surface area contributed by atoms with Crippen LogP contribution in [0.5, 0.6) is 0 Å². The van der Waals surface area contributed by atoms with Gasteiger partial charge in [-0.2, -0.15) is 0 Å². The minimum absolute atomic E-state index is 0.149. The van der Waals surface area contributed by atoms with Gasteiger partial charge in [0.1, 0.15) is 11.5 Å². The molecule has 7 nitrogen and oxygen atoms in total. The first-order valence-electron chi connectivity index (χ1n) is 14.4. The molecule has 0 spiro atoms. The molecule has 2 unspecified atom stereocenters. The molecule has 2 heterocycles. The van der Waals surface area contributed by atoms with Crippen molar-refractivity contribution in [2.24, 2.45) is 0 Å². The average molecular weight is 583 g/mol. The van der Waals surface area contributed by atoms with Crippen LogP contribution in [-0.2, 0) is 17.9 Å². The summed E-state index contributed by atoms with van der Waals surface area (Å²) in [6.45, 7) is 4.90. The number of aliphatic carboxylic acids is 1. The van der Waals surface area contributed by atoms with Crippen LogP contribution in [-0.4, -0.2) is 48.9 Å². The zero-order valence-electron chi connectivity index (χ0n) is 24.2. The molecule has 222 valence electrons. The molecule has 1 aliphatic heterocycles. The van der Waals surface area contributed by atoms with E-state index in [0.717, 1.165) is 16.7 Å². The van der Waals surface area contributed by atoms with Gasteiger partial charge in [0.05, 0.1) is 18.6 Å². The molecule has 0 aliphatic carbocycles. The topological polar surface area (TPSA) is 103 Å². The van der Waals surface area contributed by atoms with Crippen LogP contribution in [0, 0.1) is 5.82 Å². The molecule has 0 saturated heterocycles. The molecule has 8 heteroatoms. The summed E-state index contributed by atoms with van der Waals surface area (Å²) in [5, 5.41) is 29.8. The Kier molecular flexibility index (Phi) is 8.89. The van der Waals surface area contributed by atoms with Crippen molar-refractivity contribution in [1.82, 2.24) is 9.47 Å². The van der Waals surface area contributed by atoms with Gasteiger partial charge in [-0.05, 0) is 54.3 Å². The fourth-order valence-corrected chi connectivity index (χ4v) is 5.78. The van der Waals surface area contributed by atoms with Gasteiger partial charge in [0, 0.05) is 42.4 Å². The molecular formula is C35H35FN2O5. The van der Waals surface area contributed by atoms with Gasteiger partial charge >= 0.3 is 5.97 Å². The SMILES string of the molecule is CC(C)n1c(/C=C/C(O)CC(O)CC(=O)O)c(-c2ccc(F)cc2)c(-c2ccccc2)c1C(=O)N1Cc2ccccc2C1. The number of benzene rings is 3. The van der Waals surface area contributed by atoms with Gasteiger partial charge in [-0.25, -0.2) is 4.39 Å². The summed E-state index contributed by atoms with van der Waals surface area (Å²) in [4.78, 5) is 27.4. The molecular weight excluding hydrogens is 547 g/mol. The average Bonchev–Trinajstić information content (AvgIpc) is 3.56. The number of carbonyl (C=O) groups excluding carboxylic acids is 1. The second-order valence-corrected chi connectivity index (χ2v) is 11.2. The van der Waals surface area contributed by atoms with E-state index in [1.165, 1.54) is 18.2 Å². The molecule has 5 rings (SSSR count). The summed E-state index contributed by atoms with van der Waals surface area (Å²) in [5.41, 5.74) is 6.22. The number of aliphatic hydroxyl groups is 2. The van der Waals surface area contributed by atoms with E-state index >= 15 is 0 Å². The van der Waals surface area contributed by atoms with Crippen LogP contribution in [0.3, 0.4) is 0 Å². The van der Waals surface area contributed by atoms with Crippen molar-refractivity contribution in [3.8, 4) is 22.3 Å². The Morgan fingerprint density at radius 1 is 0.860 bits per heavy atom. The summed E-state index contributed by atoms with van der Waals surface area (Å²) in [6.07, 6.45) is 0.196. The molecule has 1 aliphatic rings. The van der Waals surface area contributed by atoms with Gasteiger partial charge in [0.25, 0.3) is 5.91 Å². The van der Waals surface area contributed by atoms with Crippen LogP contribution in [0.15, 0.2) is 84.9 Å². The first-order valence-corrected chi connectivity index (χ1v) is 14.4. The van der Waals surface area contributed by atoms with Crippen molar-refractivity contribution in [1.29, 1.82) is 0 Å². The Balaban J connectivity index is 1.71. The molecule has 3 aromatic carbocycles. The van der Waals surface area contributed by atoms with Crippen molar-refractivity contribution in [3.63, 3.8) is 0 Å². The summed E-state index contributed by atoms with van der Waals surface area (Å²) >= 11 is 0. The Bertz CT molecular complexity index is 1620. The van der Waals surface area contributed by atoms with Gasteiger partial charge in [0.2, 0.25) is 0 Å². The number of aliphatic hydroxyl groups excluding tert-OH is 2. The largest absolute Gasteiger partial charge is 0.481 e. The minimum Gasteiger partial charge on any atom is -0.481 e. The smallest absolute Gasteiger partial charge is 0.305 e. The summed E-state index contributed by atoms with van der Waals surface area (Å²) in [7, 11) is 0. The molecule has 1 amide bonds. The monoisotopic (exact) mass is 582 g/mol. The Hall–Kier alpha value is -4.53. The van der Waals surface area contributed by atoms with Crippen molar-refractivity contribution in [3.05, 3.63) is 113 Å². The summed E-state index contributed by atoms with van der Waals surface area (Å²) < 4.78 is 16.0. The van der Waals surface area contributed by atoms with Crippen LogP contribution >= 0.6 is 0 Å². The van der Waals surface area contributed by atoms with Crippen LogP contribution in [0.2, 0.25) is 0 Å². The highest BCUT2D eigenvalue weighted by atomic mass is 19.1. The molecule has 0 bridgehead atoms. The maximum Gasteiger partial charge on any atom is 0.305 e. The van der Waals surface area contributed by atoms with E-state index in [2.05, 4.69) is 0 Å². The quantitative estimate of drug-likeness (QED) is 0.204. The van der Waals surface area contributed by atoms with Crippen molar-refractivity contribution >= 4 is 18.0 Å². The number of aromatic nitrogens is 1. The third kappa shape index (κ3) is 6.45. The van der Waals surface area contributed by atoms with E-state index in [4.69, 9.17) is 5.11 Å². The lowest BCUT2D eigenvalue weighted by atomic mass is 9.94. The minimum atomic E-state index is -1.22. The van der Waals surface area contributed by atoms with E-state index in [0.29, 0.717) is 41.2 Å². The number of carboxylic acid groups (broad SMARTS) is 1. The number of carboxylic acids is 1. The number of hydrogen-bond donors (Lipinski definition) is 3. The molecule has 0 radical (unpaired) electrons. The zero-order chi connectivity index (χ0) is 30.7. The third-order valence-corrected chi connectivity index (χ3v) is 7.69. The lowest BCUT2D eigenvalue weighted by Crippen LogP contribution is -2.29. The maximum absolute atomic E-state index is 14.6. The van der Waals surface area contributed by atoms with E-state index in [-0.39, 0.29) is 24.2 Å². The molecule has 0 saturated carbocycles. The summed E-state index contributed by atoms with van der Waals surface area (Å²) in [5.74, 6) is -1.70. The predicted octanol–water partition coefficient (Wildman–Crippen LogP) is 6.30. The zero-order valence-corrected chi connectivity index (χ0v) is 24.2. The number of amides is 1. The van der Waals surface area contributed by atoms with E-state index in [1.54, 1.807) is 18.2 Å². The van der Waals surface area contributed by atoms with E-state index in [1.807, 2.05) is 77.9 Å². The first-order chi connectivity index (χ1) is 20.6. The van der Waals surface area contributed by atoms with Crippen molar-refractivity contribution in [2.75, 3.05) is 0 Å². The third-order valence-electron chi connectivity index (χ3n) is 7.69. The lowest BCUT2D eigenvalue weighted by Gasteiger charge is -2.21. The number of nitrogens with zero attached hydrogens (tertiary/aromatic N) is 2. The van der Waals surface area contributed by atoms with Crippen LogP contribution in [0.25, 0.3) is 28.3 Å². The second kappa shape index (κ2) is 12.8. The molecule has 43 heavy (non-hydrogen) atoms. The molecule has 4 aromatic rings. The first kappa shape index (κ1) is 29.9. The Morgan fingerprint density at radius 2 is 1.44 bits per heavy atom. The fraction of sp³-hybridized carbons (Fsp3) is 0.257. The normalized spacial score (nSPS) is 14.3. The highest BCUT2D eigenvalue weighted by Gasteiger charge is 2.33. The van der Waals surface area contributed by atoms with E-state index < -0.39 is 24.6 Å². The second-order valence-electron chi connectivity index (χ2n) is 11.2. The van der Waals surface area contributed by atoms with Crippen LogP contribution in [0.4, 0.5) is 4.39 Å². The van der Waals surface area contributed by atoms with Gasteiger partial charge in [-0.1, -0.05) is 72.8 Å². The lowest BCUT2D eigenvalue weighted by molar-refractivity contribution is -0.139. The van der Waals surface area contributed by atoms with Crippen LogP contribution in [0.1, 0.15) is 60.0 Å². The number of halogens is 1. The highest BCUT2D eigenvalue weighted by molar-refractivity contribution is 6.06. The highest BCUT2D eigenvalue weighted by Crippen LogP contribution is 2.43. The van der Waals surface area contributed by atoms with Gasteiger partial charge in [-0.3, -0.25) is 9.59 Å². The maximum atomic E-state index is 14.6. The summed E-state index contributed by atoms with van der Waals surface area (Å²) in [6, 6.07) is 23.5. The molecule has 2 atom stereocenters. The van der Waals surface area contributed by atoms with Gasteiger partial charge in [-0.15, -0.1) is 0 Å². The van der Waals surface area contributed by atoms with E-state index in [9.17, 15) is 24.2 Å². The number of fused-ring (bicyclic) bond motifs is 1.